The second-order valence-electron chi connectivity index (χ2n) is 6.15. The molecule has 2 aromatic carbocycles. The van der Waals surface area contributed by atoms with Crippen molar-refractivity contribution in [3.63, 3.8) is 0 Å². The molecule has 2 N–H and O–H groups in total. The van der Waals surface area contributed by atoms with Crippen LogP contribution in [0.4, 0.5) is 0 Å². The highest BCUT2D eigenvalue weighted by atomic mass is 32.2. The van der Waals surface area contributed by atoms with E-state index in [1.54, 1.807) is 26.0 Å². The summed E-state index contributed by atoms with van der Waals surface area (Å²) >= 11 is 5.11. The van der Waals surface area contributed by atoms with E-state index in [9.17, 15) is 13.2 Å². The van der Waals surface area contributed by atoms with Crippen LogP contribution in [0.1, 0.15) is 18.1 Å². The van der Waals surface area contributed by atoms with Gasteiger partial charge in [-0.25, -0.2) is 13.2 Å². The number of rotatable bonds is 5. The number of benzene rings is 2. The van der Waals surface area contributed by atoms with Gasteiger partial charge in [0.05, 0.1) is 23.0 Å². The lowest BCUT2D eigenvalue weighted by atomic mass is 10.1. The Hall–Kier alpha value is -2.85. The van der Waals surface area contributed by atoms with Gasteiger partial charge < -0.3 is 14.7 Å². The number of ether oxygens (including phenoxy) is 1. The third-order valence-corrected chi connectivity index (χ3v) is 6.38. The van der Waals surface area contributed by atoms with Gasteiger partial charge in [-0.2, -0.15) is 0 Å². The summed E-state index contributed by atoms with van der Waals surface area (Å²) in [4.78, 5) is 26.2. The third kappa shape index (κ3) is 3.48. The highest BCUT2D eigenvalue weighted by Crippen LogP contribution is 2.38. The van der Waals surface area contributed by atoms with E-state index in [2.05, 4.69) is 14.9 Å². The minimum absolute atomic E-state index is 0.0142. The summed E-state index contributed by atoms with van der Waals surface area (Å²) in [6, 6.07) is 6.22. The van der Waals surface area contributed by atoms with Gasteiger partial charge in [-0.15, -0.1) is 0 Å². The van der Waals surface area contributed by atoms with Crippen molar-refractivity contribution in [2.75, 3.05) is 7.11 Å². The molecule has 28 heavy (non-hydrogen) atoms. The lowest BCUT2D eigenvalue weighted by Crippen LogP contribution is -2.10. The second kappa shape index (κ2) is 7.28. The number of imidazole rings is 1. The van der Waals surface area contributed by atoms with Crippen LogP contribution in [0.2, 0.25) is 0 Å². The first-order valence-corrected chi connectivity index (χ1v) is 10.0. The topological polar surface area (TPSA) is 110 Å². The summed E-state index contributed by atoms with van der Waals surface area (Å²) in [5.74, 6) is -0.210. The molecule has 0 radical (unpaired) electrons. The van der Waals surface area contributed by atoms with Crippen molar-refractivity contribution in [2.45, 2.75) is 30.6 Å². The molecule has 1 aromatic heterocycles. The zero-order valence-electron chi connectivity index (χ0n) is 15.6. The molecule has 0 aliphatic carbocycles. The van der Waals surface area contributed by atoms with E-state index >= 15 is 0 Å². The fourth-order valence-corrected chi connectivity index (χ4v) is 5.31. The molecule has 3 aromatic rings. The van der Waals surface area contributed by atoms with Crippen molar-refractivity contribution in [1.29, 1.82) is 0 Å². The van der Waals surface area contributed by atoms with Crippen LogP contribution in [-0.2, 0) is 19.5 Å². The van der Waals surface area contributed by atoms with Crippen molar-refractivity contribution < 1.29 is 27.7 Å². The van der Waals surface area contributed by atoms with Gasteiger partial charge in [-0.05, 0) is 61.5 Å². The average molecular weight is 422 g/mol. The molecule has 0 bridgehead atoms. The van der Waals surface area contributed by atoms with E-state index in [0.717, 1.165) is 0 Å². The van der Waals surface area contributed by atoms with E-state index in [-0.39, 0.29) is 21.3 Å². The zero-order chi connectivity index (χ0) is 20.6. The molecule has 0 aliphatic heterocycles. The Morgan fingerprint density at radius 2 is 1.71 bits per heavy atom. The van der Waals surface area contributed by atoms with E-state index in [0.29, 0.717) is 26.9 Å². The largest absolute Gasteiger partial charge is 0.495 e. The van der Waals surface area contributed by atoms with Crippen molar-refractivity contribution >= 4 is 39.1 Å². The first kappa shape index (κ1) is 19.9. The summed E-state index contributed by atoms with van der Waals surface area (Å²) in [7, 11) is -2.59. The molecule has 0 amide bonds. The maximum Gasteiger partial charge on any atom is 0.352 e. The number of methoxy groups -OCH3 is 1. The predicted octanol–water partition coefficient (Wildman–Crippen LogP) is 3.54. The predicted molar refractivity (Wildman–Crippen MR) is 104 cm³/mol. The van der Waals surface area contributed by atoms with Crippen molar-refractivity contribution in [3.05, 3.63) is 40.2 Å². The molecule has 0 fully saturated rings. The van der Waals surface area contributed by atoms with Crippen LogP contribution in [-0.4, -0.2) is 31.5 Å². The van der Waals surface area contributed by atoms with Crippen LogP contribution in [0, 0.1) is 18.6 Å². The SMILES string of the molecule is COc1ccc2[nH]c(=S)[nH]c2c1S(=O)(=O)c1c(C)cc(OOC(C)=O)cc1C. The molecule has 0 saturated carbocycles. The molecule has 8 nitrogen and oxygen atoms in total. The Balaban J connectivity index is 2.23. The van der Waals surface area contributed by atoms with Crippen LogP contribution in [0.5, 0.6) is 11.5 Å². The zero-order valence-corrected chi connectivity index (χ0v) is 17.2. The first-order chi connectivity index (χ1) is 13.1. The van der Waals surface area contributed by atoms with Gasteiger partial charge in [0.2, 0.25) is 9.84 Å². The minimum atomic E-state index is -3.99. The molecule has 0 saturated heterocycles. The number of aromatic amines is 2. The number of carbonyl (C=O) groups is 1. The Morgan fingerprint density at radius 1 is 1.07 bits per heavy atom. The Morgan fingerprint density at radius 3 is 2.29 bits per heavy atom. The number of carbonyl (C=O) groups excluding carboxylic acids is 1. The molecule has 0 spiro atoms. The number of sulfone groups is 1. The molecule has 1 heterocycles. The molecular formula is C18H18N2O6S2. The highest BCUT2D eigenvalue weighted by molar-refractivity contribution is 7.92. The summed E-state index contributed by atoms with van der Waals surface area (Å²) < 4.78 is 32.8. The van der Waals surface area contributed by atoms with Gasteiger partial charge in [0.15, 0.2) is 10.5 Å². The van der Waals surface area contributed by atoms with Gasteiger partial charge in [-0.3, -0.25) is 9.78 Å². The highest BCUT2D eigenvalue weighted by Gasteiger charge is 2.29. The summed E-state index contributed by atoms with van der Waals surface area (Å²) in [6.45, 7) is 4.46. The van der Waals surface area contributed by atoms with E-state index in [1.165, 1.54) is 26.2 Å². The monoisotopic (exact) mass is 422 g/mol. The molecule has 0 unspecified atom stereocenters. The van der Waals surface area contributed by atoms with Gasteiger partial charge in [0.25, 0.3) is 0 Å². The molecule has 148 valence electrons. The number of aromatic nitrogens is 2. The van der Waals surface area contributed by atoms with Crippen LogP contribution in [0.3, 0.4) is 0 Å². The third-order valence-electron chi connectivity index (χ3n) is 4.05. The Kier molecular flexibility index (Phi) is 5.18. The van der Waals surface area contributed by atoms with Gasteiger partial charge in [0.1, 0.15) is 10.6 Å². The molecule has 10 heteroatoms. The number of fused-ring (bicyclic) bond motifs is 1. The standard InChI is InChI=1S/C18H18N2O6S2/c1-9-7-12(26-25-11(3)21)8-10(2)16(9)28(22,23)17-14(24-4)6-5-13-15(17)20-18(27)19-13/h5-8H,1-4H3,(H2,19,20,27). The number of aryl methyl sites for hydroxylation is 2. The number of H-pyrrole nitrogens is 2. The molecule has 3 rings (SSSR count). The Bertz CT molecular complexity index is 1220. The number of hydrogen-bond acceptors (Lipinski definition) is 7. The van der Waals surface area contributed by atoms with Crippen LogP contribution in [0.15, 0.2) is 34.1 Å². The van der Waals surface area contributed by atoms with Gasteiger partial charge >= 0.3 is 5.97 Å². The lowest BCUT2D eigenvalue weighted by molar-refractivity contribution is -0.210. The fraction of sp³-hybridized carbons (Fsp3) is 0.222. The second-order valence-corrected chi connectivity index (χ2v) is 8.38. The van der Waals surface area contributed by atoms with E-state index < -0.39 is 15.8 Å². The van der Waals surface area contributed by atoms with E-state index in [4.69, 9.17) is 21.8 Å². The van der Waals surface area contributed by atoms with Crippen LogP contribution < -0.4 is 9.62 Å². The summed E-state index contributed by atoms with van der Waals surface area (Å²) in [6.07, 6.45) is 0. The number of nitrogens with one attached hydrogen (secondary N) is 2. The van der Waals surface area contributed by atoms with Crippen LogP contribution in [0.25, 0.3) is 11.0 Å². The fourth-order valence-electron chi connectivity index (χ4n) is 3.08. The quantitative estimate of drug-likeness (QED) is 0.367. The van der Waals surface area contributed by atoms with E-state index in [1.807, 2.05) is 0 Å². The van der Waals surface area contributed by atoms with Gasteiger partial charge in [-0.1, -0.05) is 0 Å². The van der Waals surface area contributed by atoms with Crippen molar-refractivity contribution in [3.8, 4) is 11.5 Å². The lowest BCUT2D eigenvalue weighted by Gasteiger charge is -2.15. The smallest absolute Gasteiger partial charge is 0.352 e. The number of hydrogen-bond donors (Lipinski definition) is 2. The maximum absolute atomic E-state index is 13.6. The normalized spacial score (nSPS) is 11.4. The summed E-state index contributed by atoms with van der Waals surface area (Å²) in [5.41, 5.74) is 1.74. The van der Waals surface area contributed by atoms with Crippen molar-refractivity contribution in [1.82, 2.24) is 9.97 Å². The van der Waals surface area contributed by atoms with Gasteiger partial charge in [0, 0.05) is 6.92 Å². The molecular weight excluding hydrogens is 404 g/mol. The van der Waals surface area contributed by atoms with Crippen LogP contribution >= 0.6 is 12.2 Å². The Labute approximate surface area is 166 Å². The average Bonchev–Trinajstić information content (AvgIpc) is 2.97. The minimum Gasteiger partial charge on any atom is -0.495 e. The molecule has 0 aliphatic rings. The maximum atomic E-state index is 13.6. The van der Waals surface area contributed by atoms with Crippen molar-refractivity contribution in [2.24, 2.45) is 0 Å². The summed E-state index contributed by atoms with van der Waals surface area (Å²) in [5, 5.41) is 0. The molecule has 0 atom stereocenters. The first-order valence-electron chi connectivity index (χ1n) is 8.15.